The summed E-state index contributed by atoms with van der Waals surface area (Å²) in [6.07, 6.45) is 4.46. The van der Waals surface area contributed by atoms with Gasteiger partial charge in [-0.2, -0.15) is 0 Å². The van der Waals surface area contributed by atoms with Crippen molar-refractivity contribution in [1.29, 1.82) is 0 Å². The van der Waals surface area contributed by atoms with Gasteiger partial charge in [0.15, 0.2) is 0 Å². The fraction of sp³-hybridized carbons (Fsp3) is 0.562. The van der Waals surface area contributed by atoms with Crippen molar-refractivity contribution in [3.8, 4) is 0 Å². The molecule has 4 N–H and O–H groups in total. The highest BCUT2D eigenvalue weighted by Crippen LogP contribution is 2.34. The minimum atomic E-state index is -0.116. The molecule has 0 aromatic heterocycles. The van der Waals surface area contributed by atoms with E-state index in [0.717, 1.165) is 24.1 Å². The number of carbonyl (C=O) groups is 1. The van der Waals surface area contributed by atoms with E-state index in [9.17, 15) is 4.79 Å². The Kier molecular flexibility index (Phi) is 4.65. The molecule has 1 aromatic carbocycles. The average Bonchev–Trinajstić information content (AvgIpc) is 2.42. The minimum Gasteiger partial charge on any atom is -0.335 e. The second kappa shape index (κ2) is 6.27. The van der Waals surface area contributed by atoms with Gasteiger partial charge in [0.2, 0.25) is 0 Å². The third-order valence-corrected chi connectivity index (χ3v) is 4.12. The molecule has 20 heavy (non-hydrogen) atoms. The molecule has 1 aromatic rings. The molecule has 110 valence electrons. The lowest BCUT2D eigenvalue weighted by Crippen LogP contribution is -2.41. The molecule has 0 saturated heterocycles. The van der Waals surface area contributed by atoms with Gasteiger partial charge in [0.1, 0.15) is 0 Å². The Labute approximate surface area is 121 Å². The monoisotopic (exact) mass is 275 g/mol. The number of urea groups is 1. The van der Waals surface area contributed by atoms with E-state index >= 15 is 0 Å². The molecule has 4 nitrogen and oxygen atoms in total. The molecular weight excluding hydrogens is 250 g/mol. The Bertz CT molecular complexity index is 443. The summed E-state index contributed by atoms with van der Waals surface area (Å²) in [5.74, 6) is 0. The summed E-state index contributed by atoms with van der Waals surface area (Å²) < 4.78 is 0. The third kappa shape index (κ3) is 4.23. The first-order valence-electron chi connectivity index (χ1n) is 7.35. The molecule has 0 radical (unpaired) electrons. The van der Waals surface area contributed by atoms with Crippen molar-refractivity contribution in [2.45, 2.75) is 52.1 Å². The van der Waals surface area contributed by atoms with Crippen molar-refractivity contribution in [1.82, 2.24) is 5.32 Å². The van der Waals surface area contributed by atoms with Crippen molar-refractivity contribution >= 4 is 11.7 Å². The summed E-state index contributed by atoms with van der Waals surface area (Å²) in [6.45, 7) is 5.11. The van der Waals surface area contributed by atoms with Gasteiger partial charge in [-0.1, -0.05) is 26.0 Å². The highest BCUT2D eigenvalue weighted by Gasteiger charge is 2.27. The highest BCUT2D eigenvalue weighted by atomic mass is 16.2. The Balaban J connectivity index is 1.80. The normalized spacial score (nSPS) is 18.6. The van der Waals surface area contributed by atoms with Crippen molar-refractivity contribution < 1.29 is 4.79 Å². The smallest absolute Gasteiger partial charge is 0.319 e. The Morgan fingerprint density at radius 2 is 1.85 bits per heavy atom. The van der Waals surface area contributed by atoms with Gasteiger partial charge < -0.3 is 16.4 Å². The molecule has 1 aliphatic rings. The van der Waals surface area contributed by atoms with E-state index in [1.165, 1.54) is 12.8 Å². The molecular formula is C16H25N3O. The van der Waals surface area contributed by atoms with Crippen LogP contribution < -0.4 is 16.4 Å². The summed E-state index contributed by atoms with van der Waals surface area (Å²) in [5.41, 5.74) is 7.83. The number of amides is 2. The first-order valence-corrected chi connectivity index (χ1v) is 7.35. The standard InChI is InChI=1S/C16H25N3O/c1-16(2)9-7-14(8-10-16)19-15(20)18-13-5-3-12(11-17)4-6-13/h3-6,14H,7-11,17H2,1-2H3,(H2,18,19,20). The zero-order chi connectivity index (χ0) is 14.6. The van der Waals surface area contributed by atoms with Crippen molar-refractivity contribution in [2.24, 2.45) is 11.1 Å². The third-order valence-electron chi connectivity index (χ3n) is 4.12. The zero-order valence-corrected chi connectivity index (χ0v) is 12.4. The van der Waals surface area contributed by atoms with Gasteiger partial charge in [0, 0.05) is 18.3 Å². The SMILES string of the molecule is CC1(C)CCC(NC(=O)Nc2ccc(CN)cc2)CC1. The number of benzene rings is 1. The fourth-order valence-electron chi connectivity index (χ4n) is 2.62. The highest BCUT2D eigenvalue weighted by molar-refractivity contribution is 5.89. The number of hydrogen-bond acceptors (Lipinski definition) is 2. The van der Waals surface area contributed by atoms with Gasteiger partial charge in [0.25, 0.3) is 0 Å². The topological polar surface area (TPSA) is 67.2 Å². The van der Waals surface area contributed by atoms with Gasteiger partial charge in [-0.25, -0.2) is 4.79 Å². The largest absolute Gasteiger partial charge is 0.335 e. The molecule has 1 saturated carbocycles. The van der Waals surface area contributed by atoms with Crippen LogP contribution in [0.4, 0.5) is 10.5 Å². The van der Waals surface area contributed by atoms with Crippen LogP contribution in [0.25, 0.3) is 0 Å². The van der Waals surface area contributed by atoms with E-state index in [1.54, 1.807) is 0 Å². The minimum absolute atomic E-state index is 0.116. The van der Waals surface area contributed by atoms with Crippen LogP contribution >= 0.6 is 0 Å². The van der Waals surface area contributed by atoms with Crippen molar-refractivity contribution in [3.63, 3.8) is 0 Å². The van der Waals surface area contributed by atoms with Gasteiger partial charge in [-0.3, -0.25) is 0 Å². The summed E-state index contributed by atoms with van der Waals surface area (Å²) in [5, 5.41) is 5.93. The molecule has 0 bridgehead atoms. The fourth-order valence-corrected chi connectivity index (χ4v) is 2.62. The first kappa shape index (κ1) is 14.9. The second-order valence-corrected chi connectivity index (χ2v) is 6.44. The van der Waals surface area contributed by atoms with Gasteiger partial charge >= 0.3 is 6.03 Å². The van der Waals surface area contributed by atoms with E-state index in [-0.39, 0.29) is 6.03 Å². The maximum Gasteiger partial charge on any atom is 0.319 e. The Morgan fingerprint density at radius 1 is 1.25 bits per heavy atom. The molecule has 1 aliphatic carbocycles. The van der Waals surface area contributed by atoms with Crippen LogP contribution in [0.2, 0.25) is 0 Å². The van der Waals surface area contributed by atoms with Crippen molar-refractivity contribution in [2.75, 3.05) is 5.32 Å². The molecule has 1 fully saturated rings. The first-order chi connectivity index (χ1) is 9.48. The maximum absolute atomic E-state index is 11.9. The molecule has 0 unspecified atom stereocenters. The molecule has 2 rings (SSSR count). The predicted octanol–water partition coefficient (Wildman–Crippen LogP) is 3.24. The lowest BCUT2D eigenvalue weighted by molar-refractivity contribution is 0.202. The number of nitrogens with one attached hydrogen (secondary N) is 2. The van der Waals surface area contributed by atoms with Crippen LogP contribution in [0.1, 0.15) is 45.1 Å². The summed E-state index contributed by atoms with van der Waals surface area (Å²) >= 11 is 0. The van der Waals surface area contributed by atoms with Crippen LogP contribution in [0, 0.1) is 5.41 Å². The van der Waals surface area contributed by atoms with Crippen LogP contribution in [-0.2, 0) is 6.54 Å². The molecule has 2 amide bonds. The Morgan fingerprint density at radius 3 is 2.40 bits per heavy atom. The number of hydrogen-bond donors (Lipinski definition) is 3. The second-order valence-electron chi connectivity index (χ2n) is 6.44. The number of rotatable bonds is 3. The molecule has 0 atom stereocenters. The number of nitrogens with two attached hydrogens (primary N) is 1. The predicted molar refractivity (Wildman–Crippen MR) is 82.5 cm³/mol. The van der Waals surface area contributed by atoms with E-state index in [2.05, 4.69) is 24.5 Å². The zero-order valence-electron chi connectivity index (χ0n) is 12.4. The summed E-state index contributed by atoms with van der Waals surface area (Å²) in [6, 6.07) is 7.80. The quantitative estimate of drug-likeness (QED) is 0.792. The number of carbonyl (C=O) groups excluding carboxylic acids is 1. The van der Waals surface area contributed by atoms with E-state index in [4.69, 9.17) is 5.73 Å². The van der Waals surface area contributed by atoms with E-state index < -0.39 is 0 Å². The van der Waals surface area contributed by atoms with Crippen LogP contribution in [0.15, 0.2) is 24.3 Å². The molecule has 0 heterocycles. The van der Waals surface area contributed by atoms with Crippen LogP contribution in [0.5, 0.6) is 0 Å². The summed E-state index contributed by atoms with van der Waals surface area (Å²) in [7, 11) is 0. The molecule has 0 aliphatic heterocycles. The van der Waals surface area contributed by atoms with E-state index in [0.29, 0.717) is 18.0 Å². The maximum atomic E-state index is 11.9. The van der Waals surface area contributed by atoms with Gasteiger partial charge in [0.05, 0.1) is 0 Å². The molecule has 0 spiro atoms. The average molecular weight is 275 g/mol. The van der Waals surface area contributed by atoms with Gasteiger partial charge in [-0.15, -0.1) is 0 Å². The van der Waals surface area contributed by atoms with Crippen LogP contribution in [-0.4, -0.2) is 12.1 Å². The van der Waals surface area contributed by atoms with E-state index in [1.807, 2.05) is 24.3 Å². The Hall–Kier alpha value is -1.55. The lowest BCUT2D eigenvalue weighted by Gasteiger charge is -2.34. The van der Waals surface area contributed by atoms with Crippen molar-refractivity contribution in [3.05, 3.63) is 29.8 Å². The lowest BCUT2D eigenvalue weighted by atomic mass is 9.76. The van der Waals surface area contributed by atoms with Gasteiger partial charge in [-0.05, 0) is 48.8 Å². The van der Waals surface area contributed by atoms with Crippen LogP contribution in [0.3, 0.4) is 0 Å². The molecule has 4 heteroatoms. The number of anilines is 1. The summed E-state index contributed by atoms with van der Waals surface area (Å²) in [4.78, 5) is 11.9.